The molecule has 4 aromatic carbocycles. The first-order chi connectivity index (χ1) is 27.6. The third-order valence-electron chi connectivity index (χ3n) is 9.71. The average molecular weight is 754 g/mol. The first-order valence-electron chi connectivity index (χ1n) is 18.3. The van der Waals surface area contributed by atoms with E-state index in [-0.39, 0.29) is 41.1 Å². The highest BCUT2D eigenvalue weighted by Gasteiger charge is 2.23. The quantitative estimate of drug-likeness (QED) is 0.0429. The summed E-state index contributed by atoms with van der Waals surface area (Å²) in [6, 6.07) is 32.6. The minimum atomic E-state index is -0.877. The number of fused-ring (bicyclic) bond motifs is 4. The molecule has 4 N–H and O–H groups in total. The summed E-state index contributed by atoms with van der Waals surface area (Å²) in [5.74, 6) is 5.47. The van der Waals surface area contributed by atoms with Crippen LogP contribution in [-0.4, -0.2) is 23.7 Å². The largest absolute Gasteiger partial charge is 0.872 e. The van der Waals surface area contributed by atoms with Crippen LogP contribution in [0.2, 0.25) is 0 Å². The molecular weight excluding hydrogens is 721 g/mol. The standard InChI is InChI=1S/C47H34N2O8/c48-30-12-17-35-40(23-30)56-41-24-31(49)13-18-36(41)45(35)29-10-7-27(8-11-29)5-6-28-9-16-34(39(22-28)47(54)55-21-3-1-2-4-44(52)53)46-37-19-14-32(50)25-42(37)57-43-26-33(51)15-20-38(43)46/h7-20,22-26,48,50H,1-4,21,49H2,(H,52,53)/p-1. The van der Waals surface area contributed by atoms with E-state index in [2.05, 4.69) is 11.8 Å². The molecule has 0 saturated carbocycles. The maximum Gasteiger partial charge on any atom is 0.338 e. The second-order valence-corrected chi connectivity index (χ2v) is 13.7. The van der Waals surface area contributed by atoms with Crippen molar-refractivity contribution in [3.8, 4) is 62.5 Å². The fourth-order valence-electron chi connectivity index (χ4n) is 7.03. The first kappa shape index (κ1) is 36.3. The van der Waals surface area contributed by atoms with Crippen LogP contribution in [0.25, 0.3) is 66.8 Å². The number of nitrogen functional groups attached to an aromatic ring is 1. The number of hydrogen-bond acceptors (Lipinski definition) is 9. The number of benzene rings is 6. The van der Waals surface area contributed by atoms with Crippen molar-refractivity contribution >= 4 is 39.6 Å². The highest BCUT2D eigenvalue weighted by Crippen LogP contribution is 2.43. The number of ether oxygens (including phenoxy) is 1. The summed E-state index contributed by atoms with van der Waals surface area (Å²) < 4.78 is 17.9. The number of nitrogens with one attached hydrogen (secondary N) is 1. The molecule has 10 nitrogen and oxygen atoms in total. The lowest BCUT2D eigenvalue weighted by Crippen LogP contribution is -2.09. The van der Waals surface area contributed by atoms with Crippen molar-refractivity contribution in [2.45, 2.75) is 25.7 Å². The molecule has 4 aromatic rings. The van der Waals surface area contributed by atoms with Gasteiger partial charge in [-0.3, -0.25) is 9.59 Å². The number of carboxylic acid groups (broad SMARTS) is 1. The number of carbonyl (C=O) groups excluding carboxylic acids is 1. The van der Waals surface area contributed by atoms with E-state index in [0.29, 0.717) is 69.3 Å². The summed E-state index contributed by atoms with van der Waals surface area (Å²) in [7, 11) is 0. The number of rotatable bonds is 9. The molecule has 0 radical (unpaired) electrons. The van der Waals surface area contributed by atoms with Gasteiger partial charge in [0.25, 0.3) is 0 Å². The van der Waals surface area contributed by atoms with Gasteiger partial charge in [-0.15, -0.1) is 5.75 Å². The Labute approximate surface area is 325 Å². The van der Waals surface area contributed by atoms with Crippen molar-refractivity contribution in [1.82, 2.24) is 0 Å². The van der Waals surface area contributed by atoms with Crippen LogP contribution in [0.15, 0.2) is 129 Å². The summed E-state index contributed by atoms with van der Waals surface area (Å²) in [5.41, 5.74) is 13.1. The molecule has 4 aliphatic rings. The lowest BCUT2D eigenvalue weighted by molar-refractivity contribution is -0.268. The molecule has 2 aliphatic carbocycles. The van der Waals surface area contributed by atoms with E-state index < -0.39 is 11.9 Å². The molecule has 280 valence electrons. The lowest BCUT2D eigenvalue weighted by atomic mass is 9.90. The van der Waals surface area contributed by atoms with Gasteiger partial charge in [0.05, 0.1) is 17.5 Å². The zero-order valence-electron chi connectivity index (χ0n) is 30.4. The number of carboxylic acids is 1. The number of esters is 1. The fraction of sp³-hybridized carbons (Fsp3) is 0.106. The summed E-state index contributed by atoms with van der Waals surface area (Å²) in [6.07, 6.45) is 1.57. The van der Waals surface area contributed by atoms with E-state index >= 15 is 0 Å². The predicted molar refractivity (Wildman–Crippen MR) is 215 cm³/mol. The smallest absolute Gasteiger partial charge is 0.338 e. The summed E-state index contributed by atoms with van der Waals surface area (Å²) in [5, 5.41) is 31.2. The SMILES string of the molecule is N=c1ccc2c(-c3ccc(C#Cc4ccc(-c5c6ccc(=O)cc-6oc6cc([O-])ccc56)c(C(=O)OCCCCCC(=O)O)c4)cc3)c3ccc(N)cc3oc-2c1. The number of carbonyl (C=O) groups is 2. The maximum atomic E-state index is 13.9. The number of aliphatic carboxylic acids is 1. The van der Waals surface area contributed by atoms with Gasteiger partial charge < -0.3 is 34.9 Å². The Kier molecular flexibility index (Phi) is 9.72. The van der Waals surface area contributed by atoms with E-state index in [0.717, 1.165) is 27.6 Å². The fourth-order valence-corrected chi connectivity index (χ4v) is 7.03. The number of nitrogens with two attached hydrogens (primary N) is 1. The molecule has 0 atom stereocenters. The highest BCUT2D eigenvalue weighted by atomic mass is 16.5. The van der Waals surface area contributed by atoms with Gasteiger partial charge in [-0.2, -0.15) is 0 Å². The van der Waals surface area contributed by atoms with Crippen molar-refractivity contribution < 1.29 is 33.4 Å². The van der Waals surface area contributed by atoms with E-state index in [9.17, 15) is 19.5 Å². The maximum absolute atomic E-state index is 13.9. The first-order valence-corrected chi connectivity index (χ1v) is 18.3. The molecule has 2 heterocycles. The monoisotopic (exact) mass is 753 g/mol. The molecule has 0 amide bonds. The van der Waals surface area contributed by atoms with E-state index in [4.69, 9.17) is 29.8 Å². The molecule has 57 heavy (non-hydrogen) atoms. The number of hydrogen-bond donors (Lipinski definition) is 3. The van der Waals surface area contributed by atoms with Crippen molar-refractivity contribution in [2.24, 2.45) is 0 Å². The van der Waals surface area contributed by atoms with Gasteiger partial charge in [0.15, 0.2) is 5.43 Å². The highest BCUT2D eigenvalue weighted by molar-refractivity contribution is 6.08. The van der Waals surface area contributed by atoms with Crippen molar-refractivity contribution in [2.75, 3.05) is 12.3 Å². The molecule has 0 fully saturated rings. The summed E-state index contributed by atoms with van der Waals surface area (Å²) in [4.78, 5) is 37.1. The Bertz CT molecular complexity index is 2990. The second-order valence-electron chi connectivity index (χ2n) is 13.7. The van der Waals surface area contributed by atoms with Crippen LogP contribution >= 0.6 is 0 Å². The average Bonchev–Trinajstić information content (AvgIpc) is 3.19. The normalized spacial score (nSPS) is 11.2. The topological polar surface area (TPSA) is 180 Å². The number of unbranched alkanes of at least 4 members (excludes halogenated alkanes) is 2. The van der Waals surface area contributed by atoms with Gasteiger partial charge in [-0.25, -0.2) is 4.79 Å². The summed E-state index contributed by atoms with van der Waals surface area (Å²) >= 11 is 0. The van der Waals surface area contributed by atoms with E-state index in [1.807, 2.05) is 42.5 Å². The Balaban J connectivity index is 1.17. The zero-order chi connectivity index (χ0) is 39.6. The molecule has 2 aliphatic heterocycles. The minimum absolute atomic E-state index is 0.0379. The Morgan fingerprint density at radius 3 is 2.18 bits per heavy atom. The molecule has 0 spiro atoms. The molecular formula is C47H33N2O8-. The van der Waals surface area contributed by atoms with Crippen LogP contribution in [0.5, 0.6) is 5.75 Å². The number of anilines is 1. The van der Waals surface area contributed by atoms with Crippen LogP contribution in [0.4, 0.5) is 5.69 Å². The van der Waals surface area contributed by atoms with Crippen LogP contribution in [0, 0.1) is 17.3 Å². The Morgan fingerprint density at radius 2 is 1.37 bits per heavy atom. The van der Waals surface area contributed by atoms with Gasteiger partial charge >= 0.3 is 11.9 Å². The molecule has 0 bridgehead atoms. The van der Waals surface area contributed by atoms with Crippen molar-refractivity contribution in [1.29, 1.82) is 5.41 Å². The molecule has 8 rings (SSSR count). The van der Waals surface area contributed by atoms with Gasteiger partial charge in [-0.05, 0) is 97.1 Å². The third-order valence-corrected chi connectivity index (χ3v) is 9.71. The molecule has 0 aromatic heterocycles. The minimum Gasteiger partial charge on any atom is -0.872 e. The predicted octanol–water partition coefficient (Wildman–Crippen LogP) is 8.42. The summed E-state index contributed by atoms with van der Waals surface area (Å²) in [6.45, 7) is 0.0859. The van der Waals surface area contributed by atoms with E-state index in [1.54, 1.807) is 48.5 Å². The molecule has 0 saturated heterocycles. The molecule has 10 heteroatoms. The molecule has 0 unspecified atom stereocenters. The van der Waals surface area contributed by atoms with Gasteiger partial charge in [0, 0.05) is 74.5 Å². The van der Waals surface area contributed by atoms with E-state index in [1.165, 1.54) is 24.3 Å². The van der Waals surface area contributed by atoms with Crippen LogP contribution in [0.3, 0.4) is 0 Å². The lowest BCUT2D eigenvalue weighted by Gasteiger charge is -2.18. The second kappa shape index (κ2) is 15.2. The zero-order valence-corrected chi connectivity index (χ0v) is 30.4. The van der Waals surface area contributed by atoms with Crippen LogP contribution in [-0.2, 0) is 9.53 Å². The van der Waals surface area contributed by atoms with Crippen LogP contribution in [0.1, 0.15) is 47.2 Å². The van der Waals surface area contributed by atoms with Gasteiger partial charge in [0.2, 0.25) is 0 Å². The third kappa shape index (κ3) is 7.55. The Hall–Kier alpha value is -7.64. The Morgan fingerprint density at radius 1 is 0.702 bits per heavy atom. The van der Waals surface area contributed by atoms with Gasteiger partial charge in [0.1, 0.15) is 22.7 Å². The van der Waals surface area contributed by atoms with Crippen molar-refractivity contribution in [3.05, 3.63) is 148 Å². The van der Waals surface area contributed by atoms with Crippen LogP contribution < -0.4 is 21.6 Å². The van der Waals surface area contributed by atoms with Crippen molar-refractivity contribution in [3.63, 3.8) is 0 Å². The van der Waals surface area contributed by atoms with Gasteiger partial charge in [-0.1, -0.05) is 42.2 Å².